The predicted octanol–water partition coefficient (Wildman–Crippen LogP) is 4.02. The Labute approximate surface area is 134 Å². The molecule has 3 aromatic heterocycles. The maximum absolute atomic E-state index is 5.86. The van der Waals surface area contributed by atoms with Gasteiger partial charge in [0.1, 0.15) is 15.3 Å². The molecular formula is C14H13BrN4OS. The topological polar surface area (TPSA) is 52.8 Å². The number of rotatable bonds is 2. The molecule has 1 saturated heterocycles. The van der Waals surface area contributed by atoms with Crippen LogP contribution < -0.4 is 0 Å². The Hall–Kier alpha value is -1.31. The van der Waals surface area contributed by atoms with E-state index in [9.17, 15) is 0 Å². The highest BCUT2D eigenvalue weighted by molar-refractivity contribution is 9.10. The molecule has 0 amide bonds. The van der Waals surface area contributed by atoms with Crippen molar-refractivity contribution in [1.82, 2.24) is 19.7 Å². The zero-order chi connectivity index (χ0) is 14.2. The van der Waals surface area contributed by atoms with Gasteiger partial charge in [-0.1, -0.05) is 0 Å². The Bertz CT molecular complexity index is 778. The lowest BCUT2D eigenvalue weighted by molar-refractivity contribution is -0.0368. The van der Waals surface area contributed by atoms with E-state index in [0.29, 0.717) is 0 Å². The fraction of sp³-hybridized carbons (Fsp3) is 0.357. The predicted molar refractivity (Wildman–Crippen MR) is 85.2 cm³/mol. The molecule has 0 radical (unpaired) electrons. The van der Waals surface area contributed by atoms with Gasteiger partial charge in [-0.15, -0.1) is 11.3 Å². The molecule has 4 rings (SSSR count). The lowest BCUT2D eigenvalue weighted by Crippen LogP contribution is -2.19. The average molecular weight is 365 g/mol. The summed E-state index contributed by atoms with van der Waals surface area (Å²) in [6.07, 6.45) is 5.04. The van der Waals surface area contributed by atoms with Crippen LogP contribution in [-0.4, -0.2) is 26.4 Å². The summed E-state index contributed by atoms with van der Waals surface area (Å²) in [6.45, 7) is 0.789. The van der Waals surface area contributed by atoms with Crippen molar-refractivity contribution in [3.8, 4) is 10.7 Å². The van der Waals surface area contributed by atoms with Gasteiger partial charge in [-0.25, -0.2) is 14.6 Å². The van der Waals surface area contributed by atoms with E-state index in [4.69, 9.17) is 9.84 Å². The molecule has 108 valence electrons. The summed E-state index contributed by atoms with van der Waals surface area (Å²) in [7, 11) is 0. The molecule has 1 atom stereocenters. The van der Waals surface area contributed by atoms with E-state index in [2.05, 4.69) is 25.9 Å². The largest absolute Gasteiger partial charge is 0.356 e. The molecule has 7 heteroatoms. The second-order valence-corrected chi connectivity index (χ2v) is 6.63. The van der Waals surface area contributed by atoms with Gasteiger partial charge < -0.3 is 4.74 Å². The average Bonchev–Trinajstić information content (AvgIpc) is 3.12. The fourth-order valence-electron chi connectivity index (χ4n) is 2.61. The number of nitrogens with zero attached hydrogens (tertiary/aromatic N) is 4. The van der Waals surface area contributed by atoms with E-state index in [1.807, 2.05) is 22.2 Å². The standard InChI is InChI=1S/C14H13BrN4OS/c15-10-8-21-14(17-10)12-9-4-3-6-16-13(9)19(18-12)11-5-1-2-7-20-11/h3-4,6,8,11H,1-2,5,7H2. The molecule has 0 spiro atoms. The van der Waals surface area contributed by atoms with Gasteiger partial charge >= 0.3 is 0 Å². The summed E-state index contributed by atoms with van der Waals surface area (Å²) in [5.74, 6) is 0. The molecule has 4 heterocycles. The molecule has 1 aliphatic rings. The van der Waals surface area contributed by atoms with Crippen LogP contribution in [0.5, 0.6) is 0 Å². The van der Waals surface area contributed by atoms with Crippen LogP contribution in [0.25, 0.3) is 21.7 Å². The van der Waals surface area contributed by atoms with Crippen molar-refractivity contribution in [2.75, 3.05) is 6.61 Å². The van der Waals surface area contributed by atoms with E-state index in [1.54, 1.807) is 17.5 Å². The third-order valence-corrected chi connectivity index (χ3v) is 5.13. The van der Waals surface area contributed by atoms with Crippen molar-refractivity contribution in [1.29, 1.82) is 0 Å². The zero-order valence-corrected chi connectivity index (χ0v) is 13.6. The minimum absolute atomic E-state index is 0.0201. The Kier molecular flexibility index (Phi) is 3.48. The molecule has 0 aliphatic carbocycles. The summed E-state index contributed by atoms with van der Waals surface area (Å²) in [5.41, 5.74) is 1.74. The maximum atomic E-state index is 5.86. The highest BCUT2D eigenvalue weighted by atomic mass is 79.9. The first kappa shape index (κ1) is 13.4. The molecule has 5 nitrogen and oxygen atoms in total. The summed E-state index contributed by atoms with van der Waals surface area (Å²) in [6, 6.07) is 3.97. The molecule has 1 aliphatic heterocycles. The number of hydrogen-bond acceptors (Lipinski definition) is 5. The number of hydrogen-bond donors (Lipinski definition) is 0. The first-order valence-electron chi connectivity index (χ1n) is 6.89. The molecule has 0 bridgehead atoms. The highest BCUT2D eigenvalue weighted by Gasteiger charge is 2.23. The monoisotopic (exact) mass is 364 g/mol. The molecular weight excluding hydrogens is 352 g/mol. The third-order valence-electron chi connectivity index (χ3n) is 3.57. The van der Waals surface area contributed by atoms with Crippen LogP contribution in [0.4, 0.5) is 0 Å². The number of thiazole rings is 1. The number of aromatic nitrogens is 4. The van der Waals surface area contributed by atoms with Crippen molar-refractivity contribution in [2.45, 2.75) is 25.5 Å². The minimum Gasteiger partial charge on any atom is -0.356 e. The van der Waals surface area contributed by atoms with Crippen LogP contribution >= 0.6 is 27.3 Å². The normalized spacial score (nSPS) is 19.2. The number of pyridine rings is 1. The van der Waals surface area contributed by atoms with Gasteiger partial charge in [0.25, 0.3) is 0 Å². The van der Waals surface area contributed by atoms with Crippen LogP contribution in [0.15, 0.2) is 28.3 Å². The van der Waals surface area contributed by atoms with Crippen molar-refractivity contribution >= 4 is 38.3 Å². The summed E-state index contributed by atoms with van der Waals surface area (Å²) >= 11 is 4.98. The van der Waals surface area contributed by atoms with Gasteiger partial charge in [-0.3, -0.25) is 0 Å². The van der Waals surface area contributed by atoms with Crippen LogP contribution in [0.3, 0.4) is 0 Å². The Morgan fingerprint density at radius 1 is 1.38 bits per heavy atom. The summed E-state index contributed by atoms with van der Waals surface area (Å²) in [4.78, 5) is 8.98. The molecule has 0 aromatic carbocycles. The van der Waals surface area contributed by atoms with E-state index < -0.39 is 0 Å². The molecule has 21 heavy (non-hydrogen) atoms. The van der Waals surface area contributed by atoms with Gasteiger partial charge in [-0.05, 0) is 47.3 Å². The summed E-state index contributed by atoms with van der Waals surface area (Å²) in [5, 5.41) is 8.64. The van der Waals surface area contributed by atoms with Crippen LogP contribution in [-0.2, 0) is 4.74 Å². The first-order chi connectivity index (χ1) is 10.3. The van der Waals surface area contributed by atoms with Gasteiger partial charge in [0.05, 0.1) is 0 Å². The van der Waals surface area contributed by atoms with Crippen molar-refractivity contribution in [3.63, 3.8) is 0 Å². The smallest absolute Gasteiger partial charge is 0.161 e. The lowest BCUT2D eigenvalue weighted by Gasteiger charge is -2.22. The van der Waals surface area contributed by atoms with E-state index in [0.717, 1.165) is 52.2 Å². The zero-order valence-electron chi connectivity index (χ0n) is 11.2. The lowest BCUT2D eigenvalue weighted by atomic mass is 10.2. The number of fused-ring (bicyclic) bond motifs is 1. The van der Waals surface area contributed by atoms with Crippen molar-refractivity contribution in [2.24, 2.45) is 0 Å². The van der Waals surface area contributed by atoms with Crippen molar-refractivity contribution in [3.05, 3.63) is 28.3 Å². The van der Waals surface area contributed by atoms with Crippen LogP contribution in [0.1, 0.15) is 25.5 Å². The van der Waals surface area contributed by atoms with Gasteiger partial charge in [-0.2, -0.15) is 5.10 Å². The molecule has 0 saturated carbocycles. The Balaban J connectivity index is 1.88. The second-order valence-electron chi connectivity index (χ2n) is 4.96. The van der Waals surface area contributed by atoms with Crippen molar-refractivity contribution < 1.29 is 4.74 Å². The quantitative estimate of drug-likeness (QED) is 0.689. The minimum atomic E-state index is -0.0201. The molecule has 1 fully saturated rings. The fourth-order valence-corrected chi connectivity index (χ4v) is 3.86. The Morgan fingerprint density at radius 2 is 2.33 bits per heavy atom. The number of halogens is 1. The van der Waals surface area contributed by atoms with E-state index in [-0.39, 0.29) is 6.23 Å². The van der Waals surface area contributed by atoms with Gasteiger partial charge in [0, 0.05) is 23.6 Å². The van der Waals surface area contributed by atoms with E-state index >= 15 is 0 Å². The van der Waals surface area contributed by atoms with Gasteiger partial charge in [0.2, 0.25) is 0 Å². The second kappa shape index (κ2) is 5.47. The maximum Gasteiger partial charge on any atom is 0.161 e. The third kappa shape index (κ3) is 2.39. The SMILES string of the molecule is Brc1csc(-c2nn(C3CCCCO3)c3ncccc23)n1. The number of ether oxygens (including phenoxy) is 1. The summed E-state index contributed by atoms with van der Waals surface area (Å²) < 4.78 is 8.61. The molecule has 3 aromatic rings. The van der Waals surface area contributed by atoms with Crippen LogP contribution in [0.2, 0.25) is 0 Å². The van der Waals surface area contributed by atoms with Gasteiger partial charge in [0.15, 0.2) is 11.9 Å². The molecule has 0 N–H and O–H groups in total. The van der Waals surface area contributed by atoms with E-state index in [1.165, 1.54) is 0 Å². The van der Waals surface area contributed by atoms with Crippen LogP contribution in [0, 0.1) is 0 Å². The highest BCUT2D eigenvalue weighted by Crippen LogP contribution is 2.33. The first-order valence-corrected chi connectivity index (χ1v) is 8.56. The molecule has 1 unspecified atom stereocenters. The Morgan fingerprint density at radius 3 is 3.10 bits per heavy atom.